The molecule has 0 saturated carbocycles. The lowest BCUT2D eigenvalue weighted by Crippen LogP contribution is -2.47. The van der Waals surface area contributed by atoms with Crippen molar-refractivity contribution in [2.24, 2.45) is 0 Å². The number of fused-ring (bicyclic) bond motifs is 1. The van der Waals surface area contributed by atoms with Gasteiger partial charge in [-0.15, -0.1) is 0 Å². The van der Waals surface area contributed by atoms with Crippen LogP contribution in [0.15, 0.2) is 82.4 Å². The molecule has 2 amide bonds. The Morgan fingerprint density at radius 2 is 1.68 bits per heavy atom. The standard InChI is InChI=1S/C26H24N4O4/c31-24(27-20-10-13-29(14-11-20)25(32)19-12-15-34-17-19)23-21-8-4-5-9-22(21)26(33)30(28-23)16-18-6-2-1-3-7-18/h1-9,12,15,17,20H,10-11,13-14,16H2,(H,27,31). The van der Waals surface area contributed by atoms with E-state index in [2.05, 4.69) is 10.4 Å². The number of amides is 2. The van der Waals surface area contributed by atoms with Gasteiger partial charge in [0.15, 0.2) is 5.69 Å². The maximum Gasteiger partial charge on any atom is 0.274 e. The van der Waals surface area contributed by atoms with Gasteiger partial charge in [0.05, 0.1) is 23.8 Å². The number of nitrogens with zero attached hydrogens (tertiary/aromatic N) is 3. The van der Waals surface area contributed by atoms with Crippen molar-refractivity contribution < 1.29 is 14.0 Å². The molecule has 0 atom stereocenters. The number of furan rings is 1. The van der Waals surface area contributed by atoms with Gasteiger partial charge in [-0.1, -0.05) is 48.5 Å². The summed E-state index contributed by atoms with van der Waals surface area (Å²) in [6.45, 7) is 1.35. The van der Waals surface area contributed by atoms with Gasteiger partial charge in [-0.25, -0.2) is 4.68 Å². The number of carbonyl (C=O) groups excluding carboxylic acids is 2. The number of hydrogen-bond acceptors (Lipinski definition) is 5. The van der Waals surface area contributed by atoms with Gasteiger partial charge in [-0.3, -0.25) is 14.4 Å². The Kier molecular flexibility index (Phi) is 5.95. The summed E-state index contributed by atoms with van der Waals surface area (Å²) in [5.41, 5.74) is 1.44. The molecule has 2 aromatic heterocycles. The first-order valence-electron chi connectivity index (χ1n) is 11.3. The van der Waals surface area contributed by atoms with Crippen molar-refractivity contribution in [2.75, 3.05) is 13.1 Å². The lowest BCUT2D eigenvalue weighted by molar-refractivity contribution is 0.0697. The summed E-state index contributed by atoms with van der Waals surface area (Å²) in [7, 11) is 0. The van der Waals surface area contributed by atoms with Gasteiger partial charge in [0.1, 0.15) is 6.26 Å². The van der Waals surface area contributed by atoms with Crippen molar-refractivity contribution in [2.45, 2.75) is 25.4 Å². The molecule has 2 aromatic carbocycles. The molecule has 1 saturated heterocycles. The molecule has 172 valence electrons. The Labute approximate surface area is 195 Å². The number of piperidine rings is 1. The van der Waals surface area contributed by atoms with E-state index in [1.807, 2.05) is 30.3 Å². The highest BCUT2D eigenvalue weighted by molar-refractivity contribution is 6.04. The summed E-state index contributed by atoms with van der Waals surface area (Å²) in [5.74, 6) is -0.392. The number of aromatic nitrogens is 2. The molecule has 8 nitrogen and oxygen atoms in total. The average Bonchev–Trinajstić information content (AvgIpc) is 3.41. The van der Waals surface area contributed by atoms with Crippen molar-refractivity contribution in [3.8, 4) is 0 Å². The van der Waals surface area contributed by atoms with Crippen molar-refractivity contribution >= 4 is 22.6 Å². The van der Waals surface area contributed by atoms with E-state index < -0.39 is 0 Å². The van der Waals surface area contributed by atoms with Crippen molar-refractivity contribution in [1.82, 2.24) is 20.0 Å². The Morgan fingerprint density at radius 1 is 0.971 bits per heavy atom. The average molecular weight is 457 g/mol. The van der Waals surface area contributed by atoms with Crippen LogP contribution in [0.4, 0.5) is 0 Å². The first-order valence-corrected chi connectivity index (χ1v) is 11.3. The Morgan fingerprint density at radius 3 is 2.38 bits per heavy atom. The van der Waals surface area contributed by atoms with E-state index in [1.54, 1.807) is 35.2 Å². The fraction of sp³-hybridized carbons (Fsp3) is 0.231. The highest BCUT2D eigenvalue weighted by atomic mass is 16.3. The highest BCUT2D eigenvalue weighted by Crippen LogP contribution is 2.17. The first-order chi connectivity index (χ1) is 16.6. The minimum Gasteiger partial charge on any atom is -0.472 e. The normalized spacial score (nSPS) is 14.3. The van der Waals surface area contributed by atoms with E-state index in [0.717, 1.165) is 5.56 Å². The van der Waals surface area contributed by atoms with E-state index in [4.69, 9.17) is 4.42 Å². The van der Waals surface area contributed by atoms with Crippen LogP contribution in [0.5, 0.6) is 0 Å². The third-order valence-electron chi connectivity index (χ3n) is 6.14. The van der Waals surface area contributed by atoms with E-state index in [-0.39, 0.29) is 35.7 Å². The van der Waals surface area contributed by atoms with Crippen LogP contribution in [-0.2, 0) is 6.54 Å². The summed E-state index contributed by atoms with van der Waals surface area (Å²) >= 11 is 0. The van der Waals surface area contributed by atoms with Gasteiger partial charge in [-0.2, -0.15) is 5.10 Å². The van der Waals surface area contributed by atoms with Crippen LogP contribution in [0.25, 0.3) is 10.8 Å². The second-order valence-corrected chi connectivity index (χ2v) is 8.39. The van der Waals surface area contributed by atoms with E-state index in [0.29, 0.717) is 42.3 Å². The van der Waals surface area contributed by atoms with Crippen LogP contribution in [0.3, 0.4) is 0 Å². The lowest BCUT2D eigenvalue weighted by Gasteiger charge is -2.32. The molecule has 1 aliphatic heterocycles. The zero-order chi connectivity index (χ0) is 23.5. The van der Waals surface area contributed by atoms with Gasteiger partial charge < -0.3 is 14.6 Å². The lowest BCUT2D eigenvalue weighted by atomic mass is 10.0. The third kappa shape index (κ3) is 4.34. The number of rotatable bonds is 5. The molecule has 0 spiro atoms. The molecule has 3 heterocycles. The van der Waals surface area contributed by atoms with Crippen LogP contribution < -0.4 is 10.9 Å². The zero-order valence-electron chi connectivity index (χ0n) is 18.5. The van der Waals surface area contributed by atoms with Crippen molar-refractivity contribution in [3.05, 3.63) is 100 Å². The summed E-state index contributed by atoms with van der Waals surface area (Å²) in [5, 5.41) is 8.50. The van der Waals surface area contributed by atoms with Crippen molar-refractivity contribution in [3.63, 3.8) is 0 Å². The quantitative estimate of drug-likeness (QED) is 0.498. The van der Waals surface area contributed by atoms with Gasteiger partial charge in [0, 0.05) is 24.5 Å². The number of nitrogens with one attached hydrogen (secondary N) is 1. The van der Waals surface area contributed by atoms with Crippen molar-refractivity contribution in [1.29, 1.82) is 0 Å². The highest BCUT2D eigenvalue weighted by Gasteiger charge is 2.26. The molecule has 0 aliphatic carbocycles. The number of hydrogen-bond donors (Lipinski definition) is 1. The second kappa shape index (κ2) is 9.35. The molecule has 1 N–H and O–H groups in total. The molecule has 0 unspecified atom stereocenters. The van der Waals surface area contributed by atoms with E-state index in [1.165, 1.54) is 17.2 Å². The summed E-state index contributed by atoms with van der Waals surface area (Å²) in [6, 6.07) is 18.2. The molecule has 8 heteroatoms. The summed E-state index contributed by atoms with van der Waals surface area (Å²) in [4.78, 5) is 40.6. The predicted octanol–water partition coefficient (Wildman–Crippen LogP) is 3.07. The summed E-state index contributed by atoms with van der Waals surface area (Å²) < 4.78 is 6.35. The summed E-state index contributed by atoms with van der Waals surface area (Å²) in [6.07, 6.45) is 4.19. The number of benzene rings is 2. The Balaban J connectivity index is 1.34. The maximum atomic E-state index is 13.3. The Hall–Kier alpha value is -4.20. The van der Waals surface area contributed by atoms with Gasteiger partial charge in [0.25, 0.3) is 17.4 Å². The molecule has 0 bridgehead atoms. The maximum absolute atomic E-state index is 13.3. The first kappa shape index (κ1) is 21.6. The van der Waals surface area contributed by atoms with Gasteiger partial charge in [-0.05, 0) is 30.5 Å². The van der Waals surface area contributed by atoms with Crippen LogP contribution in [0, 0.1) is 0 Å². The van der Waals surface area contributed by atoms with Crippen LogP contribution in [0.1, 0.15) is 39.3 Å². The topological polar surface area (TPSA) is 97.4 Å². The van der Waals surface area contributed by atoms with Gasteiger partial charge >= 0.3 is 0 Å². The minimum absolute atomic E-state index is 0.0702. The fourth-order valence-electron chi connectivity index (χ4n) is 4.32. The van der Waals surface area contributed by atoms with E-state index in [9.17, 15) is 14.4 Å². The van der Waals surface area contributed by atoms with Crippen LogP contribution in [-0.4, -0.2) is 45.6 Å². The number of carbonyl (C=O) groups is 2. The monoisotopic (exact) mass is 456 g/mol. The smallest absolute Gasteiger partial charge is 0.274 e. The zero-order valence-corrected chi connectivity index (χ0v) is 18.5. The van der Waals surface area contributed by atoms with Crippen LogP contribution in [0.2, 0.25) is 0 Å². The SMILES string of the molecule is O=C(NC1CCN(C(=O)c2ccoc2)CC1)c1nn(Cc2ccccc2)c(=O)c2ccccc12. The molecule has 1 fully saturated rings. The Bertz CT molecular complexity index is 1370. The fourth-order valence-corrected chi connectivity index (χ4v) is 4.32. The molecule has 0 radical (unpaired) electrons. The second-order valence-electron chi connectivity index (χ2n) is 8.39. The van der Waals surface area contributed by atoms with Crippen LogP contribution >= 0.6 is 0 Å². The minimum atomic E-state index is -0.322. The molecular formula is C26H24N4O4. The molecule has 1 aliphatic rings. The predicted molar refractivity (Wildman–Crippen MR) is 127 cm³/mol. The third-order valence-corrected chi connectivity index (χ3v) is 6.14. The number of likely N-dealkylation sites (tertiary alicyclic amines) is 1. The molecular weight excluding hydrogens is 432 g/mol. The molecule has 5 rings (SSSR count). The van der Waals surface area contributed by atoms with Gasteiger partial charge in [0.2, 0.25) is 0 Å². The molecule has 4 aromatic rings. The largest absolute Gasteiger partial charge is 0.472 e. The van der Waals surface area contributed by atoms with E-state index >= 15 is 0 Å². The molecule has 34 heavy (non-hydrogen) atoms.